The van der Waals surface area contributed by atoms with Gasteiger partial charge in [-0.25, -0.2) is 4.98 Å². The molecule has 146 valence electrons. The average Bonchev–Trinajstić information content (AvgIpc) is 3.16. The fourth-order valence-corrected chi connectivity index (χ4v) is 4.11. The smallest absolute Gasteiger partial charge is 0.259 e. The SMILES string of the molecule is COc1ccc(OC)c(C(=O)Nc2ccc(-c3nc4ccc(C)cc4s3)cc2)c1. The van der Waals surface area contributed by atoms with Crippen LogP contribution in [0.1, 0.15) is 15.9 Å². The van der Waals surface area contributed by atoms with Gasteiger partial charge in [-0.15, -0.1) is 11.3 Å². The van der Waals surface area contributed by atoms with Crippen molar-refractivity contribution in [1.82, 2.24) is 4.98 Å². The minimum atomic E-state index is -0.260. The number of nitrogens with zero attached hydrogens (tertiary/aromatic N) is 1. The van der Waals surface area contributed by atoms with Crippen LogP contribution >= 0.6 is 11.3 Å². The lowest BCUT2D eigenvalue weighted by atomic mass is 10.1. The van der Waals surface area contributed by atoms with Crippen molar-refractivity contribution >= 4 is 33.1 Å². The molecule has 0 atom stereocenters. The van der Waals surface area contributed by atoms with Crippen molar-refractivity contribution in [3.8, 4) is 22.1 Å². The maximum absolute atomic E-state index is 12.7. The summed E-state index contributed by atoms with van der Waals surface area (Å²) in [7, 11) is 3.10. The van der Waals surface area contributed by atoms with E-state index in [0.717, 1.165) is 16.1 Å². The Balaban J connectivity index is 1.55. The van der Waals surface area contributed by atoms with E-state index in [4.69, 9.17) is 14.5 Å². The van der Waals surface area contributed by atoms with Gasteiger partial charge in [0.2, 0.25) is 0 Å². The summed E-state index contributed by atoms with van der Waals surface area (Å²) in [4.78, 5) is 17.4. The third-order valence-electron chi connectivity index (χ3n) is 4.58. The van der Waals surface area contributed by atoms with Gasteiger partial charge in [-0.1, -0.05) is 6.07 Å². The van der Waals surface area contributed by atoms with E-state index in [1.165, 1.54) is 17.4 Å². The molecule has 5 nitrogen and oxygen atoms in total. The second-order valence-electron chi connectivity index (χ2n) is 6.59. The second-order valence-corrected chi connectivity index (χ2v) is 7.62. The van der Waals surface area contributed by atoms with E-state index >= 15 is 0 Å². The highest BCUT2D eigenvalue weighted by Gasteiger charge is 2.14. The summed E-state index contributed by atoms with van der Waals surface area (Å²) in [5, 5.41) is 3.86. The second kappa shape index (κ2) is 7.93. The zero-order valence-electron chi connectivity index (χ0n) is 16.4. The molecule has 1 heterocycles. The van der Waals surface area contributed by atoms with Crippen LogP contribution in [0.25, 0.3) is 20.8 Å². The number of anilines is 1. The lowest BCUT2D eigenvalue weighted by molar-refractivity contribution is 0.102. The molecule has 0 bridgehead atoms. The van der Waals surface area contributed by atoms with Gasteiger partial charge in [-0.2, -0.15) is 0 Å². The number of hydrogen-bond donors (Lipinski definition) is 1. The molecule has 1 aromatic heterocycles. The van der Waals surface area contributed by atoms with Crippen molar-refractivity contribution in [1.29, 1.82) is 0 Å². The predicted octanol–water partition coefficient (Wildman–Crippen LogP) is 5.54. The first-order chi connectivity index (χ1) is 14.1. The number of rotatable bonds is 5. The molecule has 0 saturated heterocycles. The van der Waals surface area contributed by atoms with Crippen molar-refractivity contribution in [2.45, 2.75) is 6.92 Å². The summed E-state index contributed by atoms with van der Waals surface area (Å²) in [6, 6.07) is 19.0. The van der Waals surface area contributed by atoms with Crippen LogP contribution in [0, 0.1) is 6.92 Å². The van der Waals surface area contributed by atoms with Gasteiger partial charge in [0.15, 0.2) is 0 Å². The molecule has 0 spiro atoms. The van der Waals surface area contributed by atoms with Crippen molar-refractivity contribution in [2.24, 2.45) is 0 Å². The van der Waals surface area contributed by atoms with Gasteiger partial charge in [0.05, 0.1) is 30.0 Å². The van der Waals surface area contributed by atoms with Crippen LogP contribution < -0.4 is 14.8 Å². The predicted molar refractivity (Wildman–Crippen MR) is 117 cm³/mol. The van der Waals surface area contributed by atoms with Gasteiger partial charge >= 0.3 is 0 Å². The molecular weight excluding hydrogens is 384 g/mol. The van der Waals surface area contributed by atoms with Gasteiger partial charge in [0.1, 0.15) is 16.5 Å². The molecule has 3 aromatic carbocycles. The zero-order chi connectivity index (χ0) is 20.4. The number of aryl methyl sites for hydroxylation is 1. The van der Waals surface area contributed by atoms with E-state index < -0.39 is 0 Å². The van der Waals surface area contributed by atoms with Crippen molar-refractivity contribution in [3.05, 3.63) is 71.8 Å². The quantitative estimate of drug-likeness (QED) is 0.474. The average molecular weight is 404 g/mol. The number of carbonyl (C=O) groups is 1. The summed E-state index contributed by atoms with van der Waals surface area (Å²) < 4.78 is 11.7. The van der Waals surface area contributed by atoms with Gasteiger partial charge in [-0.05, 0) is 67.1 Å². The molecule has 1 amide bonds. The van der Waals surface area contributed by atoms with E-state index in [1.807, 2.05) is 30.3 Å². The molecule has 0 aliphatic carbocycles. The molecule has 0 aliphatic rings. The van der Waals surface area contributed by atoms with Crippen molar-refractivity contribution < 1.29 is 14.3 Å². The largest absolute Gasteiger partial charge is 0.497 e. The molecule has 0 saturated carbocycles. The fraction of sp³-hybridized carbons (Fsp3) is 0.130. The highest BCUT2D eigenvalue weighted by atomic mass is 32.1. The maximum atomic E-state index is 12.7. The summed E-state index contributed by atoms with van der Waals surface area (Å²) in [5.74, 6) is 0.825. The van der Waals surface area contributed by atoms with Crippen LogP contribution in [-0.4, -0.2) is 25.1 Å². The Hall–Kier alpha value is -3.38. The molecular formula is C23H20N2O3S. The number of amides is 1. The van der Waals surface area contributed by atoms with Gasteiger partial charge < -0.3 is 14.8 Å². The number of hydrogen-bond acceptors (Lipinski definition) is 5. The Morgan fingerprint density at radius 2 is 1.76 bits per heavy atom. The molecule has 4 aromatic rings. The zero-order valence-corrected chi connectivity index (χ0v) is 17.2. The number of thiazole rings is 1. The minimum absolute atomic E-state index is 0.260. The van der Waals surface area contributed by atoms with E-state index in [-0.39, 0.29) is 5.91 Å². The van der Waals surface area contributed by atoms with E-state index in [9.17, 15) is 4.79 Å². The first kappa shape index (κ1) is 19.0. The minimum Gasteiger partial charge on any atom is -0.497 e. The van der Waals surface area contributed by atoms with Crippen molar-refractivity contribution in [3.63, 3.8) is 0 Å². The molecule has 1 N–H and O–H groups in total. The monoisotopic (exact) mass is 404 g/mol. The molecule has 0 aliphatic heterocycles. The molecule has 0 radical (unpaired) electrons. The topological polar surface area (TPSA) is 60.5 Å². The number of methoxy groups -OCH3 is 2. The van der Waals surface area contributed by atoms with Crippen LogP contribution in [-0.2, 0) is 0 Å². The Labute approximate surface area is 172 Å². The lowest BCUT2D eigenvalue weighted by Gasteiger charge is -2.11. The van der Waals surface area contributed by atoms with Crippen LogP contribution in [0.2, 0.25) is 0 Å². The highest BCUT2D eigenvalue weighted by Crippen LogP contribution is 2.31. The molecule has 0 fully saturated rings. The third kappa shape index (κ3) is 3.93. The summed E-state index contributed by atoms with van der Waals surface area (Å²) in [6.07, 6.45) is 0. The van der Waals surface area contributed by atoms with Crippen LogP contribution in [0.15, 0.2) is 60.7 Å². The Morgan fingerprint density at radius 3 is 2.48 bits per heavy atom. The van der Waals surface area contributed by atoms with Crippen molar-refractivity contribution in [2.75, 3.05) is 19.5 Å². The number of fused-ring (bicyclic) bond motifs is 1. The Kier molecular flexibility index (Phi) is 5.18. The standard InChI is InChI=1S/C23H20N2O3S/c1-14-4-10-19-21(12-14)29-23(25-19)15-5-7-16(8-6-15)24-22(26)18-13-17(27-2)9-11-20(18)28-3/h4-13H,1-3H3,(H,24,26). The first-order valence-corrected chi connectivity index (χ1v) is 9.90. The summed E-state index contributed by atoms with van der Waals surface area (Å²) in [5.41, 5.74) is 4.34. The third-order valence-corrected chi connectivity index (χ3v) is 5.65. The highest BCUT2D eigenvalue weighted by molar-refractivity contribution is 7.21. The normalized spacial score (nSPS) is 10.7. The molecule has 29 heavy (non-hydrogen) atoms. The van der Waals surface area contributed by atoms with Crippen LogP contribution in [0.4, 0.5) is 5.69 Å². The van der Waals surface area contributed by atoms with Crippen LogP contribution in [0.3, 0.4) is 0 Å². The number of aromatic nitrogens is 1. The Morgan fingerprint density at radius 1 is 0.966 bits per heavy atom. The first-order valence-electron chi connectivity index (χ1n) is 9.08. The van der Waals surface area contributed by atoms with Gasteiger partial charge in [-0.3, -0.25) is 4.79 Å². The molecule has 0 unspecified atom stereocenters. The fourth-order valence-electron chi connectivity index (χ4n) is 3.04. The molecule has 4 rings (SSSR count). The number of ether oxygens (including phenoxy) is 2. The number of carbonyl (C=O) groups excluding carboxylic acids is 1. The number of nitrogens with one attached hydrogen (secondary N) is 1. The van der Waals surface area contributed by atoms with E-state index in [2.05, 4.69) is 24.4 Å². The van der Waals surface area contributed by atoms with E-state index in [1.54, 1.807) is 36.6 Å². The van der Waals surface area contributed by atoms with E-state index in [0.29, 0.717) is 22.7 Å². The Bertz CT molecular complexity index is 1180. The van der Waals surface area contributed by atoms with Crippen LogP contribution in [0.5, 0.6) is 11.5 Å². The number of benzene rings is 3. The summed E-state index contributed by atoms with van der Waals surface area (Å²) >= 11 is 1.66. The van der Waals surface area contributed by atoms with Gasteiger partial charge in [0.25, 0.3) is 5.91 Å². The van der Waals surface area contributed by atoms with Gasteiger partial charge in [0, 0.05) is 11.3 Å². The lowest BCUT2D eigenvalue weighted by Crippen LogP contribution is -2.13. The summed E-state index contributed by atoms with van der Waals surface area (Å²) in [6.45, 7) is 2.08. The molecule has 6 heteroatoms. The maximum Gasteiger partial charge on any atom is 0.259 e.